The van der Waals surface area contributed by atoms with Gasteiger partial charge >= 0.3 is 8.60 Å². The minimum absolute atomic E-state index is 0.0567. The van der Waals surface area contributed by atoms with Gasteiger partial charge in [0.05, 0.1) is 43.3 Å². The molecule has 3 N–H and O–H groups in total. The Bertz CT molecular complexity index is 1550. The Morgan fingerprint density at radius 1 is 1.04 bits per heavy atom. The molecule has 3 heterocycles. The molecule has 1 saturated heterocycles. The third-order valence-corrected chi connectivity index (χ3v) is 9.92. The fourth-order valence-corrected chi connectivity index (χ4v) is 7.05. The van der Waals surface area contributed by atoms with Gasteiger partial charge in [-0.2, -0.15) is 15.6 Å². The van der Waals surface area contributed by atoms with Crippen molar-refractivity contribution in [2.75, 3.05) is 18.9 Å². The summed E-state index contributed by atoms with van der Waals surface area (Å²) in [5.74, 6) is -0.147. The van der Waals surface area contributed by atoms with E-state index in [1.54, 1.807) is 10.6 Å². The molecule has 2 aromatic heterocycles. The average Bonchev–Trinajstić information content (AvgIpc) is 3.75. The first kappa shape index (κ1) is 39.6. The standard InChI is InChI=1S/C37H52FN6O5P/c1-2-3-4-5-6-7-8-9-10-11-12-13-14-15-32(46-24-30-20-29(23-39)21-31(38)22-30)25-47-50(45)48-27-37(26-40)19-18-35(49-37)33-16-17-34-36(41)42-28-43-44(33)34/h16-17,20-22,28,32,35,45H,2-15,18-19,24-25,27H2,1H3,(H2,41,42,43). The SMILES string of the molecule is CCCCCCCCCCCCCCCC(COP(O)OCC1(C#N)CCC(c2ccc3c(N)ncnn23)O1)OCc1cc(F)cc(C#N)c1. The summed E-state index contributed by atoms with van der Waals surface area (Å²) in [4.78, 5) is 14.7. The van der Waals surface area contributed by atoms with Crippen molar-refractivity contribution in [3.05, 3.63) is 59.3 Å². The van der Waals surface area contributed by atoms with Gasteiger partial charge in [0.1, 0.15) is 29.8 Å². The first-order valence-electron chi connectivity index (χ1n) is 18.1. The van der Waals surface area contributed by atoms with E-state index in [0.717, 1.165) is 25.0 Å². The molecule has 0 amide bonds. The maximum Gasteiger partial charge on any atom is 0.330 e. The number of fused-ring (bicyclic) bond motifs is 1. The molecule has 0 bridgehead atoms. The molecule has 4 unspecified atom stereocenters. The summed E-state index contributed by atoms with van der Waals surface area (Å²) in [6.07, 6.45) is 18.4. The van der Waals surface area contributed by atoms with Gasteiger partial charge in [0, 0.05) is 0 Å². The van der Waals surface area contributed by atoms with Crippen LogP contribution in [0.3, 0.4) is 0 Å². The van der Waals surface area contributed by atoms with E-state index < -0.39 is 26.1 Å². The van der Waals surface area contributed by atoms with Gasteiger partial charge in [0.15, 0.2) is 11.4 Å². The Balaban J connectivity index is 1.21. The minimum Gasteiger partial charge on any atom is -0.382 e. The van der Waals surface area contributed by atoms with E-state index in [1.807, 2.05) is 18.2 Å². The fraction of sp³-hybridized carbons (Fsp3) is 0.622. The van der Waals surface area contributed by atoms with Crippen LogP contribution in [0, 0.1) is 28.5 Å². The topological polar surface area (TPSA) is 161 Å². The van der Waals surface area contributed by atoms with Crippen molar-refractivity contribution in [3.8, 4) is 12.1 Å². The Morgan fingerprint density at radius 3 is 2.42 bits per heavy atom. The van der Waals surface area contributed by atoms with Gasteiger partial charge in [0.25, 0.3) is 0 Å². The number of benzene rings is 1. The number of hydrogen-bond donors (Lipinski definition) is 2. The highest BCUT2D eigenvalue weighted by Crippen LogP contribution is 2.43. The maximum atomic E-state index is 14.0. The lowest BCUT2D eigenvalue weighted by Crippen LogP contribution is -2.31. The van der Waals surface area contributed by atoms with E-state index in [9.17, 15) is 19.8 Å². The van der Waals surface area contributed by atoms with E-state index in [0.29, 0.717) is 36.2 Å². The number of hydrogen-bond acceptors (Lipinski definition) is 10. The predicted octanol–water partition coefficient (Wildman–Crippen LogP) is 8.76. The van der Waals surface area contributed by atoms with Crippen molar-refractivity contribution in [2.45, 2.75) is 134 Å². The molecule has 272 valence electrons. The molecule has 13 heteroatoms. The zero-order valence-electron chi connectivity index (χ0n) is 29.3. The second kappa shape index (κ2) is 21.2. The van der Waals surface area contributed by atoms with Crippen molar-refractivity contribution in [3.63, 3.8) is 0 Å². The third-order valence-electron chi connectivity index (χ3n) is 9.20. The Kier molecular flexibility index (Phi) is 16.8. The molecular formula is C37H52FN6O5P. The number of halogens is 1. The van der Waals surface area contributed by atoms with E-state index in [-0.39, 0.29) is 31.5 Å². The molecule has 1 aliphatic rings. The van der Waals surface area contributed by atoms with Crippen molar-refractivity contribution in [1.82, 2.24) is 14.6 Å². The van der Waals surface area contributed by atoms with Crippen LogP contribution < -0.4 is 5.73 Å². The summed E-state index contributed by atoms with van der Waals surface area (Å²) in [5.41, 5.74) is 6.88. The lowest BCUT2D eigenvalue weighted by atomic mass is 10.0. The highest BCUT2D eigenvalue weighted by atomic mass is 31.2. The van der Waals surface area contributed by atoms with Gasteiger partial charge < -0.3 is 29.1 Å². The van der Waals surface area contributed by atoms with Crippen molar-refractivity contribution < 1.29 is 27.8 Å². The minimum atomic E-state index is -2.33. The van der Waals surface area contributed by atoms with Gasteiger partial charge in [0.2, 0.25) is 0 Å². The predicted molar refractivity (Wildman–Crippen MR) is 190 cm³/mol. The number of rotatable bonds is 24. The molecule has 11 nitrogen and oxygen atoms in total. The van der Waals surface area contributed by atoms with Crippen LogP contribution in [0.25, 0.3) is 5.52 Å². The molecule has 1 fully saturated rings. The van der Waals surface area contributed by atoms with Crippen LogP contribution in [0.5, 0.6) is 0 Å². The molecule has 1 aromatic carbocycles. The van der Waals surface area contributed by atoms with Crippen molar-refractivity contribution in [1.29, 1.82) is 10.5 Å². The van der Waals surface area contributed by atoms with E-state index in [4.69, 9.17) is 24.3 Å². The number of nitriles is 2. The normalized spacial score (nSPS) is 18.6. The monoisotopic (exact) mass is 710 g/mol. The number of unbranched alkanes of at least 4 members (excludes halogenated alkanes) is 12. The smallest absolute Gasteiger partial charge is 0.330 e. The van der Waals surface area contributed by atoms with Crippen LogP contribution in [-0.2, 0) is 25.1 Å². The number of ether oxygens (including phenoxy) is 2. The van der Waals surface area contributed by atoms with Gasteiger partial charge in [-0.25, -0.2) is 13.9 Å². The second-order valence-corrected chi connectivity index (χ2v) is 14.2. The highest BCUT2D eigenvalue weighted by molar-refractivity contribution is 7.40. The number of anilines is 1. The number of nitrogen functional groups attached to an aromatic ring is 1. The van der Waals surface area contributed by atoms with Crippen molar-refractivity contribution >= 4 is 19.9 Å². The summed E-state index contributed by atoms with van der Waals surface area (Å²) < 4.78 is 39.3. The molecule has 1 aliphatic heterocycles. The summed E-state index contributed by atoms with van der Waals surface area (Å²) in [6.45, 7) is 2.23. The quantitative estimate of drug-likeness (QED) is 0.0679. The lowest BCUT2D eigenvalue weighted by molar-refractivity contribution is -0.0395. The van der Waals surface area contributed by atoms with Crippen LogP contribution in [0.1, 0.15) is 133 Å². The third kappa shape index (κ3) is 12.5. The summed E-state index contributed by atoms with van der Waals surface area (Å²) in [6, 6.07) is 12.0. The van der Waals surface area contributed by atoms with Crippen LogP contribution in [0.2, 0.25) is 0 Å². The van der Waals surface area contributed by atoms with Crippen LogP contribution in [0.15, 0.2) is 36.7 Å². The van der Waals surface area contributed by atoms with Gasteiger partial charge in [-0.05, 0) is 55.2 Å². The Hall–Kier alpha value is -3.22. The molecule has 4 atom stereocenters. The number of aromatic nitrogens is 3. The fourth-order valence-electron chi connectivity index (χ4n) is 6.36. The van der Waals surface area contributed by atoms with Crippen LogP contribution >= 0.6 is 8.60 Å². The largest absolute Gasteiger partial charge is 0.382 e. The molecule has 0 radical (unpaired) electrons. The maximum absolute atomic E-state index is 14.0. The summed E-state index contributed by atoms with van der Waals surface area (Å²) in [5, 5.41) is 23.5. The van der Waals surface area contributed by atoms with E-state index >= 15 is 0 Å². The van der Waals surface area contributed by atoms with Gasteiger partial charge in [-0.3, -0.25) is 0 Å². The van der Waals surface area contributed by atoms with Crippen LogP contribution in [-0.4, -0.2) is 44.4 Å². The van der Waals surface area contributed by atoms with Gasteiger partial charge in [-0.15, -0.1) is 0 Å². The first-order chi connectivity index (χ1) is 24.4. The van der Waals surface area contributed by atoms with E-state index in [1.165, 1.54) is 82.7 Å². The average molecular weight is 711 g/mol. The zero-order chi connectivity index (χ0) is 35.6. The summed E-state index contributed by atoms with van der Waals surface area (Å²) >= 11 is 0. The molecule has 3 aromatic rings. The van der Waals surface area contributed by atoms with E-state index in [2.05, 4.69) is 23.1 Å². The first-order valence-corrected chi connectivity index (χ1v) is 19.2. The molecule has 4 rings (SSSR count). The molecule has 0 saturated carbocycles. The number of nitrogens with zero attached hydrogens (tertiary/aromatic N) is 5. The molecule has 0 spiro atoms. The van der Waals surface area contributed by atoms with Crippen molar-refractivity contribution in [2.24, 2.45) is 0 Å². The highest BCUT2D eigenvalue weighted by Gasteiger charge is 2.43. The molecule has 50 heavy (non-hydrogen) atoms. The lowest BCUT2D eigenvalue weighted by Gasteiger charge is -2.24. The van der Waals surface area contributed by atoms with Crippen LogP contribution in [0.4, 0.5) is 10.2 Å². The van der Waals surface area contributed by atoms with Gasteiger partial charge in [-0.1, -0.05) is 90.4 Å². The number of nitrogens with two attached hydrogens (primary N) is 1. The zero-order valence-corrected chi connectivity index (χ0v) is 30.2. The Labute approximate surface area is 296 Å². The summed E-state index contributed by atoms with van der Waals surface area (Å²) in [7, 11) is -2.33. The second-order valence-electron chi connectivity index (χ2n) is 13.2. The molecular weight excluding hydrogens is 658 g/mol. The molecule has 0 aliphatic carbocycles. The Morgan fingerprint density at radius 2 is 1.74 bits per heavy atom.